The van der Waals surface area contributed by atoms with E-state index in [1.165, 1.54) is 0 Å². The van der Waals surface area contributed by atoms with Crippen molar-refractivity contribution >= 4 is 11.8 Å². The zero-order valence-electron chi connectivity index (χ0n) is 8.33. The van der Waals surface area contributed by atoms with Crippen LogP contribution in [-0.4, -0.2) is 22.4 Å². The van der Waals surface area contributed by atoms with Crippen LogP contribution in [0.1, 0.15) is 22.3 Å². The number of aromatic nitrogens is 1. The summed E-state index contributed by atoms with van der Waals surface area (Å²) < 4.78 is 64.5. The number of hydrogen-bond acceptors (Lipinski definition) is 4. The van der Waals surface area contributed by atoms with Crippen molar-refractivity contribution in [1.82, 2.24) is 4.98 Å². The smallest absolute Gasteiger partial charge is 0.477 e. The lowest BCUT2D eigenvalue weighted by molar-refractivity contribution is -0.275. The molecule has 1 heterocycles. The van der Waals surface area contributed by atoms with Crippen LogP contribution in [0.3, 0.4) is 0 Å². The molecule has 5 nitrogen and oxygen atoms in total. The van der Waals surface area contributed by atoms with Gasteiger partial charge in [-0.2, -0.15) is 0 Å². The molecule has 0 unspecified atom stereocenters. The number of aromatic carboxylic acids is 1. The van der Waals surface area contributed by atoms with E-state index in [0.717, 1.165) is 0 Å². The Bertz CT molecular complexity index is 475. The summed E-state index contributed by atoms with van der Waals surface area (Å²) in [7, 11) is 0. The van der Waals surface area contributed by atoms with Crippen LogP contribution in [0.25, 0.3) is 0 Å². The molecule has 1 aromatic rings. The molecule has 0 amide bonds. The fourth-order valence-electron chi connectivity index (χ4n) is 1.11. The van der Waals surface area contributed by atoms with Gasteiger partial charge < -0.3 is 15.6 Å². The average molecular weight is 272 g/mol. The maximum Gasteiger partial charge on any atom is 0.573 e. The van der Waals surface area contributed by atoms with Gasteiger partial charge in [-0.15, -0.1) is 13.2 Å². The van der Waals surface area contributed by atoms with Crippen molar-refractivity contribution in [1.29, 1.82) is 0 Å². The minimum atomic E-state index is -5.33. The fraction of sp³-hybridized carbons (Fsp3) is 0.250. The van der Waals surface area contributed by atoms with E-state index in [1.807, 2.05) is 0 Å². The summed E-state index contributed by atoms with van der Waals surface area (Å²) in [6.45, 7) is 0. The van der Waals surface area contributed by atoms with Gasteiger partial charge in [-0.1, -0.05) is 0 Å². The second-order valence-electron chi connectivity index (χ2n) is 2.95. The van der Waals surface area contributed by atoms with Crippen molar-refractivity contribution in [2.45, 2.75) is 12.8 Å². The number of ether oxygens (including phenoxy) is 1. The molecule has 0 aliphatic carbocycles. The highest BCUT2D eigenvalue weighted by molar-refractivity contribution is 5.91. The molecule has 0 aromatic carbocycles. The van der Waals surface area contributed by atoms with Gasteiger partial charge >= 0.3 is 12.3 Å². The van der Waals surface area contributed by atoms with E-state index < -0.39 is 41.5 Å². The summed E-state index contributed by atoms with van der Waals surface area (Å²) in [5.41, 5.74) is 2.41. The molecular formula is C8H5F5N2O3. The van der Waals surface area contributed by atoms with E-state index in [4.69, 9.17) is 10.8 Å². The van der Waals surface area contributed by atoms with Crippen LogP contribution >= 0.6 is 0 Å². The number of carbonyl (C=O) groups is 1. The first kappa shape index (κ1) is 13.9. The zero-order valence-corrected chi connectivity index (χ0v) is 8.33. The number of rotatable bonds is 3. The molecule has 10 heteroatoms. The number of nitrogen functional groups attached to an aromatic ring is 1. The lowest BCUT2D eigenvalue weighted by atomic mass is 10.1. The summed E-state index contributed by atoms with van der Waals surface area (Å²) >= 11 is 0. The number of carboxylic acid groups (broad SMARTS) is 1. The average Bonchev–Trinajstić information content (AvgIpc) is 2.13. The number of pyridine rings is 1. The predicted molar refractivity (Wildman–Crippen MR) is 47.2 cm³/mol. The van der Waals surface area contributed by atoms with Crippen LogP contribution in [0, 0.1) is 0 Å². The monoisotopic (exact) mass is 272 g/mol. The van der Waals surface area contributed by atoms with Gasteiger partial charge in [-0.3, -0.25) is 0 Å². The minimum absolute atomic E-state index is 0.407. The molecule has 100 valence electrons. The van der Waals surface area contributed by atoms with Crippen LogP contribution in [0.2, 0.25) is 0 Å². The Morgan fingerprint density at radius 1 is 1.44 bits per heavy atom. The summed E-state index contributed by atoms with van der Waals surface area (Å²) in [4.78, 5) is 13.7. The van der Waals surface area contributed by atoms with Gasteiger partial charge in [0, 0.05) is 6.20 Å². The number of carboxylic acids is 1. The molecule has 3 N–H and O–H groups in total. The number of alkyl halides is 5. The third-order valence-electron chi connectivity index (χ3n) is 1.76. The second-order valence-corrected chi connectivity index (χ2v) is 2.95. The summed E-state index contributed by atoms with van der Waals surface area (Å²) in [5.74, 6) is -4.39. The second kappa shape index (κ2) is 4.63. The summed E-state index contributed by atoms with van der Waals surface area (Å²) in [5, 5.41) is 8.59. The molecule has 0 bridgehead atoms. The number of nitrogens with two attached hydrogens (primary N) is 1. The van der Waals surface area contributed by atoms with E-state index >= 15 is 0 Å². The van der Waals surface area contributed by atoms with Gasteiger partial charge in [0.2, 0.25) is 0 Å². The Labute approximate surface area is 96.0 Å². The maximum atomic E-state index is 12.5. The third kappa shape index (κ3) is 2.96. The largest absolute Gasteiger partial charge is 0.573 e. The molecule has 18 heavy (non-hydrogen) atoms. The summed E-state index contributed by atoms with van der Waals surface area (Å²) in [6.07, 6.45) is -8.39. The number of nitrogens with zero attached hydrogens (tertiary/aromatic N) is 1. The van der Waals surface area contributed by atoms with E-state index in [1.54, 1.807) is 0 Å². The van der Waals surface area contributed by atoms with E-state index in [9.17, 15) is 26.7 Å². The maximum absolute atomic E-state index is 12.5. The van der Waals surface area contributed by atoms with Crippen LogP contribution in [0.4, 0.5) is 27.8 Å². The van der Waals surface area contributed by atoms with E-state index in [0.29, 0.717) is 6.20 Å². The molecule has 0 saturated heterocycles. The van der Waals surface area contributed by atoms with Gasteiger partial charge in [-0.05, 0) is 0 Å². The Hall–Kier alpha value is -2.13. The number of hydrogen-bond donors (Lipinski definition) is 2. The van der Waals surface area contributed by atoms with Crippen LogP contribution in [0.5, 0.6) is 5.75 Å². The first-order chi connectivity index (χ1) is 8.13. The summed E-state index contributed by atoms with van der Waals surface area (Å²) in [6, 6.07) is 0. The topological polar surface area (TPSA) is 85.4 Å². The van der Waals surface area contributed by atoms with E-state index in [-0.39, 0.29) is 0 Å². The molecule has 0 aliphatic rings. The van der Waals surface area contributed by atoms with Crippen molar-refractivity contribution in [2.75, 3.05) is 5.73 Å². The standard InChI is InChI=1S/C8H5F5N2O3/c9-5(10)3-4(18-8(11,12)13)2(7(16)17)1-15-6(3)14/h1,5H,(H2,14,15)(H,16,17). The third-order valence-corrected chi connectivity index (χ3v) is 1.76. The van der Waals surface area contributed by atoms with Crippen molar-refractivity contribution in [3.8, 4) is 5.75 Å². The molecule has 0 fully saturated rings. The van der Waals surface area contributed by atoms with Gasteiger partial charge in [0.05, 0.1) is 0 Å². The fourth-order valence-corrected chi connectivity index (χ4v) is 1.11. The van der Waals surface area contributed by atoms with Crippen molar-refractivity contribution in [2.24, 2.45) is 0 Å². The first-order valence-electron chi connectivity index (χ1n) is 4.19. The molecular weight excluding hydrogens is 267 g/mol. The quantitative estimate of drug-likeness (QED) is 0.824. The normalized spacial score (nSPS) is 11.7. The molecule has 0 aliphatic heterocycles. The van der Waals surface area contributed by atoms with Crippen LogP contribution in [-0.2, 0) is 0 Å². The molecule has 0 radical (unpaired) electrons. The van der Waals surface area contributed by atoms with Gasteiger partial charge in [0.1, 0.15) is 16.9 Å². The molecule has 1 rings (SSSR count). The van der Waals surface area contributed by atoms with Crippen molar-refractivity contribution in [3.05, 3.63) is 17.3 Å². The van der Waals surface area contributed by atoms with Gasteiger partial charge in [0.15, 0.2) is 5.75 Å². The molecule has 1 aromatic heterocycles. The number of halogens is 5. The van der Waals surface area contributed by atoms with Crippen LogP contribution < -0.4 is 10.5 Å². The highest BCUT2D eigenvalue weighted by Crippen LogP contribution is 2.38. The SMILES string of the molecule is Nc1ncc(C(=O)O)c(OC(F)(F)F)c1C(F)F. The van der Waals surface area contributed by atoms with E-state index in [2.05, 4.69) is 9.72 Å². The van der Waals surface area contributed by atoms with Crippen LogP contribution in [0.15, 0.2) is 6.20 Å². The highest BCUT2D eigenvalue weighted by Gasteiger charge is 2.37. The molecule has 0 saturated carbocycles. The zero-order chi connectivity index (χ0) is 14.1. The highest BCUT2D eigenvalue weighted by atomic mass is 19.4. The van der Waals surface area contributed by atoms with Gasteiger partial charge in [-0.25, -0.2) is 18.6 Å². The van der Waals surface area contributed by atoms with Gasteiger partial charge in [0.25, 0.3) is 6.43 Å². The Morgan fingerprint density at radius 3 is 2.39 bits per heavy atom. The predicted octanol–water partition coefficient (Wildman–Crippen LogP) is 2.20. The van der Waals surface area contributed by atoms with Crippen molar-refractivity contribution in [3.63, 3.8) is 0 Å². The Balaban J connectivity index is 3.48. The lowest BCUT2D eigenvalue weighted by Crippen LogP contribution is -2.21. The number of anilines is 1. The first-order valence-corrected chi connectivity index (χ1v) is 4.19. The molecule has 0 atom stereocenters. The Morgan fingerprint density at radius 2 is 2.00 bits per heavy atom. The lowest BCUT2D eigenvalue weighted by Gasteiger charge is -2.15. The Kier molecular flexibility index (Phi) is 3.58. The van der Waals surface area contributed by atoms with Crippen molar-refractivity contribution < 1.29 is 36.6 Å². The molecule has 0 spiro atoms. The minimum Gasteiger partial charge on any atom is -0.477 e.